The molecule has 1 unspecified atom stereocenters. The van der Waals surface area contributed by atoms with Crippen LogP contribution in [0, 0.1) is 13.8 Å². The number of hydrogen-bond acceptors (Lipinski definition) is 3. The molecule has 16 heavy (non-hydrogen) atoms. The van der Waals surface area contributed by atoms with Gasteiger partial charge in [-0.3, -0.25) is 0 Å². The van der Waals surface area contributed by atoms with Crippen LogP contribution in [0.1, 0.15) is 30.0 Å². The van der Waals surface area contributed by atoms with Crippen molar-refractivity contribution in [2.75, 3.05) is 6.61 Å². The molecule has 0 aliphatic carbocycles. The van der Waals surface area contributed by atoms with E-state index in [-0.39, 0.29) is 12.6 Å². The predicted molar refractivity (Wildman–Crippen MR) is 65.6 cm³/mol. The van der Waals surface area contributed by atoms with Crippen LogP contribution in [-0.4, -0.2) is 22.9 Å². The molecule has 0 saturated heterocycles. The van der Waals surface area contributed by atoms with Crippen molar-refractivity contribution < 1.29 is 10.2 Å². The molecule has 3 N–H and O–H groups in total. The number of aliphatic hydroxyl groups is 1. The maximum atomic E-state index is 9.77. The number of aliphatic hydroxyl groups excluding tert-OH is 1. The van der Waals surface area contributed by atoms with Crippen molar-refractivity contribution in [3.05, 3.63) is 28.8 Å². The van der Waals surface area contributed by atoms with Gasteiger partial charge in [0, 0.05) is 18.2 Å². The van der Waals surface area contributed by atoms with E-state index >= 15 is 0 Å². The molecule has 90 valence electrons. The summed E-state index contributed by atoms with van der Waals surface area (Å²) in [4.78, 5) is 0. The Morgan fingerprint density at radius 2 is 1.88 bits per heavy atom. The fraction of sp³-hybridized carbons (Fsp3) is 0.538. The normalized spacial score (nSPS) is 12.8. The Balaban J connectivity index is 2.70. The van der Waals surface area contributed by atoms with Gasteiger partial charge in [-0.15, -0.1) is 0 Å². The highest BCUT2D eigenvalue weighted by atomic mass is 16.3. The standard InChI is InChI=1S/C13H21NO2/c1-4-12(8-15)14-7-11-5-9(2)10(3)6-13(11)16/h5-6,12,14-16H,4,7-8H2,1-3H3. The maximum Gasteiger partial charge on any atom is 0.120 e. The summed E-state index contributed by atoms with van der Waals surface area (Å²) in [5.74, 6) is 0.323. The lowest BCUT2D eigenvalue weighted by molar-refractivity contribution is 0.238. The van der Waals surface area contributed by atoms with Crippen molar-refractivity contribution in [2.24, 2.45) is 0 Å². The topological polar surface area (TPSA) is 52.5 Å². The third kappa shape index (κ3) is 3.22. The molecule has 0 heterocycles. The van der Waals surface area contributed by atoms with Crippen molar-refractivity contribution in [2.45, 2.75) is 39.8 Å². The van der Waals surface area contributed by atoms with E-state index in [4.69, 9.17) is 5.11 Å². The second-order valence-electron chi connectivity index (χ2n) is 4.23. The van der Waals surface area contributed by atoms with Crippen molar-refractivity contribution >= 4 is 0 Å². The van der Waals surface area contributed by atoms with Crippen molar-refractivity contribution in [1.29, 1.82) is 0 Å². The fourth-order valence-electron chi connectivity index (χ4n) is 1.59. The first-order valence-corrected chi connectivity index (χ1v) is 5.71. The lowest BCUT2D eigenvalue weighted by Crippen LogP contribution is -2.31. The highest BCUT2D eigenvalue weighted by Crippen LogP contribution is 2.21. The van der Waals surface area contributed by atoms with E-state index in [1.807, 2.05) is 26.8 Å². The summed E-state index contributed by atoms with van der Waals surface area (Å²) in [7, 11) is 0. The summed E-state index contributed by atoms with van der Waals surface area (Å²) >= 11 is 0. The first-order valence-electron chi connectivity index (χ1n) is 5.71. The van der Waals surface area contributed by atoms with Crippen LogP contribution < -0.4 is 5.32 Å². The molecule has 0 spiro atoms. The van der Waals surface area contributed by atoms with Gasteiger partial charge in [-0.1, -0.05) is 13.0 Å². The van der Waals surface area contributed by atoms with Crippen LogP contribution in [0.4, 0.5) is 0 Å². The van der Waals surface area contributed by atoms with Crippen LogP contribution in [-0.2, 0) is 6.54 Å². The lowest BCUT2D eigenvalue weighted by Gasteiger charge is -2.15. The third-order valence-corrected chi connectivity index (χ3v) is 2.99. The molecule has 0 saturated carbocycles. The minimum absolute atomic E-state index is 0.0982. The van der Waals surface area contributed by atoms with Crippen LogP contribution in [0.5, 0.6) is 5.75 Å². The van der Waals surface area contributed by atoms with Gasteiger partial charge in [0.1, 0.15) is 5.75 Å². The number of phenolic OH excluding ortho intramolecular Hbond substituents is 1. The molecule has 0 fully saturated rings. The molecule has 0 amide bonds. The molecule has 3 nitrogen and oxygen atoms in total. The van der Waals surface area contributed by atoms with Crippen LogP contribution in [0.25, 0.3) is 0 Å². The smallest absolute Gasteiger partial charge is 0.120 e. The van der Waals surface area contributed by atoms with Gasteiger partial charge in [0.25, 0.3) is 0 Å². The summed E-state index contributed by atoms with van der Waals surface area (Å²) < 4.78 is 0. The monoisotopic (exact) mass is 223 g/mol. The van der Waals surface area contributed by atoms with Crippen molar-refractivity contribution in [3.63, 3.8) is 0 Å². The average molecular weight is 223 g/mol. The molecular weight excluding hydrogens is 202 g/mol. The van der Waals surface area contributed by atoms with Crippen LogP contribution >= 0.6 is 0 Å². The number of hydrogen-bond donors (Lipinski definition) is 3. The summed E-state index contributed by atoms with van der Waals surface area (Å²) in [6.07, 6.45) is 0.877. The molecule has 3 heteroatoms. The number of benzene rings is 1. The van der Waals surface area contributed by atoms with Crippen LogP contribution in [0.2, 0.25) is 0 Å². The Morgan fingerprint density at radius 1 is 1.25 bits per heavy atom. The predicted octanol–water partition coefficient (Wildman–Crippen LogP) is 1.87. The van der Waals surface area contributed by atoms with E-state index in [1.54, 1.807) is 6.07 Å². The molecule has 0 bridgehead atoms. The zero-order valence-electron chi connectivity index (χ0n) is 10.2. The van der Waals surface area contributed by atoms with E-state index in [1.165, 1.54) is 5.56 Å². The minimum Gasteiger partial charge on any atom is -0.508 e. The Bertz CT molecular complexity index is 346. The van der Waals surface area contributed by atoms with Gasteiger partial charge in [0.2, 0.25) is 0 Å². The van der Waals surface area contributed by atoms with E-state index in [0.717, 1.165) is 17.5 Å². The SMILES string of the molecule is CCC(CO)NCc1cc(C)c(C)cc1O. The number of nitrogens with one attached hydrogen (secondary N) is 1. The first kappa shape index (κ1) is 13.0. The Hall–Kier alpha value is -1.06. The van der Waals surface area contributed by atoms with Crippen molar-refractivity contribution in [3.8, 4) is 5.75 Å². The van der Waals surface area contributed by atoms with Gasteiger partial charge >= 0.3 is 0 Å². The molecule has 1 aromatic rings. The van der Waals surface area contributed by atoms with E-state index in [9.17, 15) is 5.11 Å². The quantitative estimate of drug-likeness (QED) is 0.714. The Labute approximate surface area is 97.1 Å². The Morgan fingerprint density at radius 3 is 2.44 bits per heavy atom. The van der Waals surface area contributed by atoms with Gasteiger partial charge in [-0.05, 0) is 37.5 Å². The van der Waals surface area contributed by atoms with Crippen LogP contribution in [0.3, 0.4) is 0 Å². The molecule has 0 aliphatic rings. The summed E-state index contributed by atoms with van der Waals surface area (Å²) in [6, 6.07) is 3.87. The summed E-state index contributed by atoms with van der Waals surface area (Å²) in [5, 5.41) is 22.0. The highest BCUT2D eigenvalue weighted by molar-refractivity contribution is 5.40. The van der Waals surface area contributed by atoms with Gasteiger partial charge in [-0.25, -0.2) is 0 Å². The summed E-state index contributed by atoms with van der Waals surface area (Å²) in [5.41, 5.74) is 3.15. The number of aromatic hydroxyl groups is 1. The number of aryl methyl sites for hydroxylation is 2. The molecule has 0 radical (unpaired) electrons. The Kier molecular flexibility index (Phi) is 4.77. The van der Waals surface area contributed by atoms with Gasteiger partial charge < -0.3 is 15.5 Å². The maximum absolute atomic E-state index is 9.77. The van der Waals surface area contributed by atoms with E-state index < -0.39 is 0 Å². The van der Waals surface area contributed by atoms with Gasteiger partial charge in [0.15, 0.2) is 0 Å². The minimum atomic E-state index is 0.0982. The van der Waals surface area contributed by atoms with Gasteiger partial charge in [0.05, 0.1) is 6.61 Å². The highest BCUT2D eigenvalue weighted by Gasteiger charge is 2.07. The molecular formula is C13H21NO2. The zero-order chi connectivity index (χ0) is 12.1. The van der Waals surface area contributed by atoms with E-state index in [0.29, 0.717) is 12.3 Å². The lowest BCUT2D eigenvalue weighted by atomic mass is 10.0. The zero-order valence-corrected chi connectivity index (χ0v) is 10.2. The largest absolute Gasteiger partial charge is 0.508 e. The first-order chi connectivity index (χ1) is 7.58. The molecule has 1 aromatic carbocycles. The van der Waals surface area contributed by atoms with E-state index in [2.05, 4.69) is 5.32 Å². The average Bonchev–Trinajstić information content (AvgIpc) is 2.26. The molecule has 1 rings (SSSR count). The van der Waals surface area contributed by atoms with Crippen LogP contribution in [0.15, 0.2) is 12.1 Å². The van der Waals surface area contributed by atoms with Crippen molar-refractivity contribution in [1.82, 2.24) is 5.32 Å². The third-order valence-electron chi connectivity index (χ3n) is 2.99. The molecule has 0 aromatic heterocycles. The second kappa shape index (κ2) is 5.87. The molecule has 0 aliphatic heterocycles. The number of phenols is 1. The molecule has 1 atom stereocenters. The fourth-order valence-corrected chi connectivity index (χ4v) is 1.59. The van der Waals surface area contributed by atoms with Gasteiger partial charge in [-0.2, -0.15) is 0 Å². The number of rotatable bonds is 5. The second-order valence-corrected chi connectivity index (χ2v) is 4.23. The summed E-state index contributed by atoms with van der Waals surface area (Å²) in [6.45, 7) is 6.75.